The normalized spacial score (nSPS) is 13.9. The number of benzene rings is 2. The van der Waals surface area contributed by atoms with Crippen molar-refractivity contribution < 1.29 is 48.3 Å². The fraction of sp³-hybridized carbons (Fsp3) is 0.771. The monoisotopic (exact) mass is 1150 g/mol. The molecule has 0 aliphatic heterocycles. The topological polar surface area (TPSA) is 146 Å². The van der Waals surface area contributed by atoms with Crippen LogP contribution in [0.2, 0.25) is 0 Å². The lowest BCUT2D eigenvalue weighted by Crippen LogP contribution is -2.39. The SMILES string of the molecule is CCCCCCCCCCCCCCCCCCOC(=O)C(CC(SCCC(=O)OCCCC)C(=O)OCCCCC(O)CO)CC(CC(C)(CC(C)(C)c1ccccc1)C(=O)OCCCCCCCCCCCC)c1ccccc1. The lowest BCUT2D eigenvalue weighted by atomic mass is 9.65. The highest BCUT2D eigenvalue weighted by atomic mass is 32.2. The Kier molecular flexibility index (Phi) is 43.6. The van der Waals surface area contributed by atoms with Gasteiger partial charge < -0.3 is 29.2 Å². The van der Waals surface area contributed by atoms with Crippen LogP contribution in [0.5, 0.6) is 0 Å². The van der Waals surface area contributed by atoms with E-state index in [4.69, 9.17) is 18.9 Å². The van der Waals surface area contributed by atoms with Crippen molar-refractivity contribution in [2.24, 2.45) is 11.3 Å². The van der Waals surface area contributed by atoms with Crippen molar-refractivity contribution in [2.45, 2.75) is 295 Å². The molecular weight excluding hydrogens is 1030 g/mol. The molecule has 0 radical (unpaired) electrons. The fourth-order valence-corrected chi connectivity index (χ4v) is 12.5. The van der Waals surface area contributed by atoms with Crippen molar-refractivity contribution in [2.75, 3.05) is 38.8 Å². The van der Waals surface area contributed by atoms with E-state index in [1.165, 1.54) is 140 Å². The molecule has 2 aromatic carbocycles. The molecule has 0 bridgehead atoms. The lowest BCUT2D eigenvalue weighted by molar-refractivity contribution is -0.157. The number of hydrogen-bond donors (Lipinski definition) is 2. The van der Waals surface area contributed by atoms with Crippen LogP contribution < -0.4 is 0 Å². The Bertz CT molecular complexity index is 1840. The second-order valence-electron chi connectivity index (χ2n) is 24.4. The number of carbonyl (C=O) groups is 4. The van der Waals surface area contributed by atoms with Crippen molar-refractivity contribution in [3.8, 4) is 0 Å². The Labute approximate surface area is 498 Å². The molecule has 2 N–H and O–H groups in total. The molecule has 5 atom stereocenters. The molecule has 0 aliphatic carbocycles. The minimum atomic E-state index is -0.963. The van der Waals surface area contributed by atoms with Crippen LogP contribution in [0.15, 0.2) is 60.7 Å². The van der Waals surface area contributed by atoms with Crippen LogP contribution in [-0.4, -0.2) is 84.2 Å². The van der Waals surface area contributed by atoms with E-state index < -0.39 is 34.1 Å². The van der Waals surface area contributed by atoms with Crippen LogP contribution in [0.1, 0.15) is 290 Å². The molecule has 0 spiro atoms. The minimum absolute atomic E-state index is 0.106. The third-order valence-electron chi connectivity index (χ3n) is 16.3. The standard InChI is InChI=1S/C70H118O10S/c1-7-10-13-15-17-19-21-22-23-24-25-26-28-29-31-40-50-78-66(74)60(55-64(81-53-48-65(73)77-49-12-9-3)67(75)79-51-42-39-47-63(72)57-71)54-61(59-43-35-33-36-44-59)56-70(6,58-69(4,5)62-45-37-34-38-46-62)68(76)80-52-41-32-30-27-20-18-16-14-11-8-2/h33-38,43-46,60-61,63-64,71-72H,7-32,39-42,47-58H2,1-6H3. The number of aliphatic hydroxyl groups is 2. The first-order chi connectivity index (χ1) is 39.3. The number of thioether (sulfide) groups is 1. The molecule has 464 valence electrons. The van der Waals surface area contributed by atoms with Gasteiger partial charge in [-0.25, -0.2) is 0 Å². The summed E-state index contributed by atoms with van der Waals surface area (Å²) in [5.41, 5.74) is 0.751. The molecule has 0 aromatic heterocycles. The lowest BCUT2D eigenvalue weighted by Gasteiger charge is -2.39. The first-order valence-corrected chi connectivity index (χ1v) is 34.0. The average Bonchev–Trinajstić information content (AvgIpc) is 3.46. The van der Waals surface area contributed by atoms with Gasteiger partial charge in [-0.2, -0.15) is 0 Å². The maximum atomic E-state index is 14.9. The van der Waals surface area contributed by atoms with Gasteiger partial charge in [-0.3, -0.25) is 19.2 Å². The van der Waals surface area contributed by atoms with Gasteiger partial charge in [-0.1, -0.05) is 256 Å². The maximum absolute atomic E-state index is 14.9. The quantitative estimate of drug-likeness (QED) is 0.0371. The third kappa shape index (κ3) is 36.1. The summed E-state index contributed by atoms with van der Waals surface area (Å²) < 4.78 is 23.9. The number of unbranched alkanes of at least 4 members (excludes halogenated alkanes) is 26. The van der Waals surface area contributed by atoms with E-state index in [1.807, 2.05) is 50.2 Å². The van der Waals surface area contributed by atoms with Crippen molar-refractivity contribution in [3.63, 3.8) is 0 Å². The molecule has 0 heterocycles. The highest BCUT2D eigenvalue weighted by molar-refractivity contribution is 8.00. The van der Waals surface area contributed by atoms with Crippen molar-refractivity contribution in [3.05, 3.63) is 71.8 Å². The molecule has 11 heteroatoms. The minimum Gasteiger partial charge on any atom is -0.466 e. The first-order valence-electron chi connectivity index (χ1n) is 33.0. The van der Waals surface area contributed by atoms with Crippen LogP contribution in [0.25, 0.3) is 0 Å². The summed E-state index contributed by atoms with van der Waals surface area (Å²) in [4.78, 5) is 56.7. The van der Waals surface area contributed by atoms with Crippen molar-refractivity contribution in [1.29, 1.82) is 0 Å². The second kappa shape index (κ2) is 47.9. The average molecular weight is 1150 g/mol. The summed E-state index contributed by atoms with van der Waals surface area (Å²) >= 11 is 1.30. The van der Waals surface area contributed by atoms with Crippen LogP contribution >= 0.6 is 11.8 Å². The Balaban J connectivity index is 2.39. The van der Waals surface area contributed by atoms with Gasteiger partial charge in [0.1, 0.15) is 5.25 Å². The third-order valence-corrected chi connectivity index (χ3v) is 17.5. The van der Waals surface area contributed by atoms with Crippen LogP contribution in [0.3, 0.4) is 0 Å². The zero-order valence-electron chi connectivity index (χ0n) is 52.4. The van der Waals surface area contributed by atoms with Crippen LogP contribution in [-0.2, 0) is 43.5 Å². The zero-order valence-corrected chi connectivity index (χ0v) is 53.2. The molecule has 5 unspecified atom stereocenters. The Morgan fingerprint density at radius 1 is 0.506 bits per heavy atom. The molecule has 0 saturated carbocycles. The molecular formula is C70H118O10S. The molecule has 0 saturated heterocycles. The van der Waals surface area contributed by atoms with E-state index in [2.05, 4.69) is 52.0 Å². The zero-order chi connectivity index (χ0) is 59.1. The van der Waals surface area contributed by atoms with Crippen molar-refractivity contribution >= 4 is 35.6 Å². The molecule has 2 rings (SSSR count). The van der Waals surface area contributed by atoms with E-state index in [9.17, 15) is 29.4 Å². The van der Waals surface area contributed by atoms with Gasteiger partial charge in [0, 0.05) is 5.75 Å². The predicted octanol–water partition coefficient (Wildman–Crippen LogP) is 18.1. The fourth-order valence-electron chi connectivity index (χ4n) is 11.3. The number of carbonyl (C=O) groups excluding carboxylic acids is 4. The summed E-state index contributed by atoms with van der Waals surface area (Å²) in [6, 6.07) is 20.4. The number of ether oxygens (including phenoxy) is 4. The number of hydrogen-bond acceptors (Lipinski definition) is 11. The van der Waals surface area contributed by atoms with Crippen LogP contribution in [0, 0.1) is 11.3 Å². The molecule has 2 aromatic rings. The van der Waals surface area contributed by atoms with E-state index in [0.717, 1.165) is 62.5 Å². The number of rotatable bonds is 54. The molecule has 10 nitrogen and oxygen atoms in total. The highest BCUT2D eigenvalue weighted by Gasteiger charge is 2.44. The summed E-state index contributed by atoms with van der Waals surface area (Å²) in [6.07, 6.45) is 35.6. The molecule has 0 fully saturated rings. The molecule has 0 aliphatic rings. The smallest absolute Gasteiger partial charge is 0.319 e. The van der Waals surface area contributed by atoms with E-state index in [1.54, 1.807) is 0 Å². The van der Waals surface area contributed by atoms with Gasteiger partial charge in [-0.05, 0) is 93.6 Å². The van der Waals surface area contributed by atoms with Gasteiger partial charge >= 0.3 is 23.9 Å². The van der Waals surface area contributed by atoms with E-state index in [-0.39, 0.29) is 56.5 Å². The van der Waals surface area contributed by atoms with E-state index in [0.29, 0.717) is 57.5 Å². The van der Waals surface area contributed by atoms with Gasteiger partial charge in [0.2, 0.25) is 0 Å². The summed E-state index contributed by atoms with van der Waals surface area (Å²) in [5.74, 6) is -2.15. The largest absolute Gasteiger partial charge is 0.466 e. The molecule has 0 amide bonds. The summed E-state index contributed by atoms with van der Waals surface area (Å²) in [5, 5.41) is 18.4. The predicted molar refractivity (Wildman–Crippen MR) is 337 cm³/mol. The highest BCUT2D eigenvalue weighted by Crippen LogP contribution is 2.46. The Hall–Kier alpha value is -3.41. The Morgan fingerprint density at radius 3 is 1.43 bits per heavy atom. The summed E-state index contributed by atoms with van der Waals surface area (Å²) in [6.45, 7) is 13.7. The Morgan fingerprint density at radius 2 is 0.938 bits per heavy atom. The van der Waals surface area contributed by atoms with Crippen molar-refractivity contribution in [1.82, 2.24) is 0 Å². The van der Waals surface area contributed by atoms with Gasteiger partial charge in [0.25, 0.3) is 0 Å². The van der Waals surface area contributed by atoms with Gasteiger partial charge in [0.05, 0.1) is 56.9 Å². The van der Waals surface area contributed by atoms with Crippen LogP contribution in [0.4, 0.5) is 0 Å². The first kappa shape index (κ1) is 73.7. The molecule has 81 heavy (non-hydrogen) atoms. The number of esters is 4. The summed E-state index contributed by atoms with van der Waals surface area (Å²) in [7, 11) is 0. The number of aliphatic hydroxyl groups excluding tert-OH is 2. The van der Waals surface area contributed by atoms with Gasteiger partial charge in [0.15, 0.2) is 0 Å². The maximum Gasteiger partial charge on any atom is 0.319 e. The van der Waals surface area contributed by atoms with Gasteiger partial charge in [-0.15, -0.1) is 11.8 Å². The van der Waals surface area contributed by atoms with E-state index >= 15 is 0 Å². The second-order valence-corrected chi connectivity index (χ2v) is 25.7.